The molecular weight excluding hydrogens is 450 g/mol. The molecule has 8 heteroatoms. The van der Waals surface area contributed by atoms with Gasteiger partial charge in [-0.25, -0.2) is 4.79 Å². The number of hydrogen-bond acceptors (Lipinski definition) is 6. The molecule has 5 rings (SSSR count). The van der Waals surface area contributed by atoms with Crippen molar-refractivity contribution in [2.75, 3.05) is 13.1 Å². The minimum atomic E-state index is -0.294. The van der Waals surface area contributed by atoms with E-state index in [2.05, 4.69) is 16.9 Å². The molecule has 0 bridgehead atoms. The summed E-state index contributed by atoms with van der Waals surface area (Å²) in [5.41, 5.74) is 5.15. The van der Waals surface area contributed by atoms with Crippen LogP contribution in [0.15, 0.2) is 84.2 Å². The zero-order valence-electron chi connectivity index (χ0n) is 18.4. The van der Waals surface area contributed by atoms with Crippen LogP contribution in [0.2, 0.25) is 0 Å². The lowest BCUT2D eigenvalue weighted by Crippen LogP contribution is -2.37. The number of nitrogens with one attached hydrogen (secondary N) is 1. The van der Waals surface area contributed by atoms with E-state index in [0.717, 1.165) is 23.3 Å². The Kier molecular flexibility index (Phi) is 6.14. The number of carbonyl (C=O) groups is 2. The number of hydrogen-bond donors (Lipinski definition) is 1. The number of piperidine rings is 1. The van der Waals surface area contributed by atoms with Crippen molar-refractivity contribution in [2.24, 2.45) is 5.92 Å². The highest BCUT2D eigenvalue weighted by Gasteiger charge is 2.44. The van der Waals surface area contributed by atoms with Gasteiger partial charge in [0.2, 0.25) is 0 Å². The highest BCUT2D eigenvalue weighted by atomic mass is 32.1. The first-order chi connectivity index (χ1) is 16.6. The van der Waals surface area contributed by atoms with Crippen LogP contribution in [-0.4, -0.2) is 35.0 Å². The van der Waals surface area contributed by atoms with Crippen LogP contribution < -0.4 is 10.1 Å². The van der Waals surface area contributed by atoms with Crippen molar-refractivity contribution >= 4 is 29.0 Å². The standard InChI is InChI=1S/C26H23N3O4S/c1-17(28-25(30)23-13-27-16-34-23)19-7-9-20(10-8-19)33-24-21-11-12-29(14-22(21)24)26(31)32-15-18-5-3-2-4-6-18/h2-10,13,16,22H,1,11-12,14-15H2,(H,28,30). The molecule has 7 nitrogen and oxygen atoms in total. The number of aromatic nitrogens is 1. The SMILES string of the molecule is C=C(NC(=O)c1cncs1)c1ccc(OC2=C3CCN(C(=O)OCc4ccccc4)CC32)cc1. The number of amides is 2. The summed E-state index contributed by atoms with van der Waals surface area (Å²) in [5, 5.41) is 2.79. The number of thiazole rings is 1. The fourth-order valence-electron chi connectivity index (χ4n) is 3.92. The fourth-order valence-corrected chi connectivity index (χ4v) is 4.43. The Morgan fingerprint density at radius 3 is 2.68 bits per heavy atom. The predicted octanol–water partition coefficient (Wildman–Crippen LogP) is 4.85. The highest BCUT2D eigenvalue weighted by molar-refractivity contribution is 7.11. The first-order valence-corrected chi connectivity index (χ1v) is 11.8. The van der Waals surface area contributed by atoms with Gasteiger partial charge in [0.25, 0.3) is 5.91 Å². The topological polar surface area (TPSA) is 80.8 Å². The summed E-state index contributed by atoms with van der Waals surface area (Å²) in [5.74, 6) is 1.57. The number of rotatable bonds is 7. The van der Waals surface area contributed by atoms with Gasteiger partial charge in [-0.3, -0.25) is 9.78 Å². The van der Waals surface area contributed by atoms with E-state index < -0.39 is 0 Å². The molecule has 34 heavy (non-hydrogen) atoms. The van der Waals surface area contributed by atoms with Crippen molar-refractivity contribution in [3.63, 3.8) is 0 Å². The van der Waals surface area contributed by atoms with Gasteiger partial charge in [0.05, 0.1) is 17.6 Å². The number of fused-ring (bicyclic) bond motifs is 1. The smallest absolute Gasteiger partial charge is 0.410 e. The summed E-state index contributed by atoms with van der Waals surface area (Å²) < 4.78 is 11.5. The van der Waals surface area contributed by atoms with E-state index >= 15 is 0 Å². The molecule has 1 aliphatic carbocycles. The molecule has 1 atom stereocenters. The van der Waals surface area contributed by atoms with E-state index in [4.69, 9.17) is 9.47 Å². The molecule has 0 radical (unpaired) electrons. The summed E-state index contributed by atoms with van der Waals surface area (Å²) in [6.45, 7) is 5.43. The van der Waals surface area contributed by atoms with Crippen molar-refractivity contribution in [3.05, 3.63) is 100 Å². The molecule has 1 unspecified atom stereocenters. The molecule has 1 aliphatic heterocycles. The number of ether oxygens (including phenoxy) is 2. The number of likely N-dealkylation sites (tertiary alicyclic amines) is 1. The Balaban J connectivity index is 1.11. The van der Waals surface area contributed by atoms with E-state index in [9.17, 15) is 9.59 Å². The molecule has 1 saturated heterocycles. The number of benzene rings is 2. The summed E-state index contributed by atoms with van der Waals surface area (Å²) in [6, 6.07) is 17.1. The maximum atomic E-state index is 12.5. The van der Waals surface area contributed by atoms with Gasteiger partial charge >= 0.3 is 6.09 Å². The lowest BCUT2D eigenvalue weighted by atomic mass is 10.1. The average molecular weight is 474 g/mol. The maximum absolute atomic E-state index is 12.5. The van der Waals surface area contributed by atoms with Crippen LogP contribution in [0.25, 0.3) is 5.70 Å². The third kappa shape index (κ3) is 4.87. The predicted molar refractivity (Wildman–Crippen MR) is 129 cm³/mol. The molecule has 0 saturated carbocycles. The Bertz CT molecular complexity index is 1240. The second-order valence-electron chi connectivity index (χ2n) is 8.10. The molecule has 2 heterocycles. The third-order valence-electron chi connectivity index (χ3n) is 5.84. The molecule has 172 valence electrons. The molecule has 1 N–H and O–H groups in total. The van der Waals surface area contributed by atoms with Crippen LogP contribution >= 0.6 is 11.3 Å². The molecular formula is C26H23N3O4S. The van der Waals surface area contributed by atoms with Crippen molar-refractivity contribution in [1.29, 1.82) is 0 Å². The Morgan fingerprint density at radius 2 is 1.94 bits per heavy atom. The van der Waals surface area contributed by atoms with Crippen LogP contribution in [0.3, 0.4) is 0 Å². The zero-order chi connectivity index (χ0) is 23.5. The molecule has 3 aromatic rings. The van der Waals surface area contributed by atoms with E-state index in [1.54, 1.807) is 10.4 Å². The van der Waals surface area contributed by atoms with Gasteiger partial charge in [-0.15, -0.1) is 11.3 Å². The third-order valence-corrected chi connectivity index (χ3v) is 6.61. The molecule has 2 aliphatic rings. The van der Waals surface area contributed by atoms with Crippen LogP contribution in [0, 0.1) is 5.92 Å². The molecule has 0 spiro atoms. The number of carbonyl (C=O) groups excluding carboxylic acids is 2. The van der Waals surface area contributed by atoms with Crippen LogP contribution in [0.1, 0.15) is 27.2 Å². The first kappa shape index (κ1) is 21.9. The maximum Gasteiger partial charge on any atom is 0.410 e. The highest BCUT2D eigenvalue weighted by Crippen LogP contribution is 2.46. The van der Waals surface area contributed by atoms with E-state index in [0.29, 0.717) is 29.4 Å². The van der Waals surface area contributed by atoms with Crippen LogP contribution in [0.4, 0.5) is 4.79 Å². The first-order valence-electron chi connectivity index (χ1n) is 10.9. The van der Waals surface area contributed by atoms with Gasteiger partial charge in [0.15, 0.2) is 0 Å². The normalized spacial score (nSPS) is 16.5. The minimum Gasteiger partial charge on any atom is -0.461 e. The summed E-state index contributed by atoms with van der Waals surface area (Å²) >= 11 is 1.28. The Labute approximate surface area is 201 Å². The van der Waals surface area contributed by atoms with E-state index in [1.807, 2.05) is 54.6 Å². The molecule has 2 aromatic carbocycles. The zero-order valence-corrected chi connectivity index (χ0v) is 19.2. The summed E-state index contributed by atoms with van der Waals surface area (Å²) in [6.07, 6.45) is 2.02. The van der Waals surface area contributed by atoms with Gasteiger partial charge < -0.3 is 19.7 Å². The van der Waals surface area contributed by atoms with Gasteiger partial charge in [0, 0.05) is 18.8 Å². The molecule has 1 aromatic heterocycles. The van der Waals surface area contributed by atoms with Crippen molar-refractivity contribution in [3.8, 4) is 5.75 Å². The second kappa shape index (κ2) is 9.52. The lowest BCUT2D eigenvalue weighted by molar-refractivity contribution is 0.0916. The lowest BCUT2D eigenvalue weighted by Gasteiger charge is -2.25. The van der Waals surface area contributed by atoms with E-state index in [1.165, 1.54) is 23.1 Å². The number of nitrogens with zero attached hydrogens (tertiary/aromatic N) is 2. The van der Waals surface area contributed by atoms with Gasteiger partial charge in [-0.1, -0.05) is 36.9 Å². The second-order valence-corrected chi connectivity index (χ2v) is 8.99. The van der Waals surface area contributed by atoms with E-state index in [-0.39, 0.29) is 24.5 Å². The van der Waals surface area contributed by atoms with Gasteiger partial charge in [-0.2, -0.15) is 0 Å². The van der Waals surface area contributed by atoms with Crippen molar-refractivity contribution < 1.29 is 19.1 Å². The van der Waals surface area contributed by atoms with Crippen molar-refractivity contribution in [2.45, 2.75) is 13.0 Å². The summed E-state index contributed by atoms with van der Waals surface area (Å²) in [4.78, 5) is 30.8. The fraction of sp³-hybridized carbons (Fsp3) is 0.192. The van der Waals surface area contributed by atoms with Crippen LogP contribution in [0.5, 0.6) is 5.75 Å². The quantitative estimate of drug-likeness (QED) is 0.531. The van der Waals surface area contributed by atoms with Gasteiger partial charge in [0.1, 0.15) is 23.0 Å². The average Bonchev–Trinajstić information content (AvgIpc) is 3.26. The minimum absolute atomic E-state index is 0.159. The molecule has 1 fully saturated rings. The van der Waals surface area contributed by atoms with Crippen molar-refractivity contribution in [1.82, 2.24) is 15.2 Å². The Morgan fingerprint density at radius 1 is 1.15 bits per heavy atom. The Hall–Kier alpha value is -3.91. The molecule has 2 amide bonds. The summed E-state index contributed by atoms with van der Waals surface area (Å²) in [7, 11) is 0. The largest absolute Gasteiger partial charge is 0.461 e. The van der Waals surface area contributed by atoms with Crippen LogP contribution in [-0.2, 0) is 11.3 Å². The monoisotopic (exact) mass is 473 g/mol. The van der Waals surface area contributed by atoms with Gasteiger partial charge in [-0.05, 0) is 47.4 Å².